The van der Waals surface area contributed by atoms with Crippen molar-refractivity contribution in [1.82, 2.24) is 30.4 Å². The van der Waals surface area contributed by atoms with Gasteiger partial charge in [-0.25, -0.2) is 0 Å². The number of carbonyl (C=O) groups is 1. The largest absolute Gasteiger partial charge is 0.361 e. The van der Waals surface area contributed by atoms with Gasteiger partial charge in [0.15, 0.2) is 5.82 Å². The van der Waals surface area contributed by atoms with Gasteiger partial charge in [0, 0.05) is 29.9 Å². The van der Waals surface area contributed by atoms with Crippen molar-refractivity contribution in [3.63, 3.8) is 0 Å². The summed E-state index contributed by atoms with van der Waals surface area (Å²) in [7, 11) is 0. The van der Waals surface area contributed by atoms with E-state index in [1.54, 1.807) is 0 Å². The van der Waals surface area contributed by atoms with Gasteiger partial charge in [-0.1, -0.05) is 86.1 Å². The van der Waals surface area contributed by atoms with E-state index in [2.05, 4.69) is 100 Å². The van der Waals surface area contributed by atoms with E-state index in [9.17, 15) is 4.79 Å². The number of H-pyrrole nitrogens is 1. The predicted octanol–water partition coefficient (Wildman–Crippen LogP) is 5.70. The van der Waals surface area contributed by atoms with Crippen LogP contribution in [0.25, 0.3) is 10.9 Å². The first kappa shape index (κ1) is 27.9. The van der Waals surface area contributed by atoms with Crippen LogP contribution >= 0.6 is 0 Å². The Hall–Kier alpha value is -4.23. The average molecular weight is 561 g/mol. The quantitative estimate of drug-likeness (QED) is 0.194. The second-order valence-electron chi connectivity index (χ2n) is 11.3. The molecule has 6 rings (SSSR count). The molecule has 7 nitrogen and oxygen atoms in total. The maximum atomic E-state index is 13.6. The third kappa shape index (κ3) is 6.47. The highest BCUT2D eigenvalue weighted by Gasteiger charge is 2.28. The first-order valence-corrected chi connectivity index (χ1v) is 15.3. The summed E-state index contributed by atoms with van der Waals surface area (Å²) in [6.45, 7) is 3.70. The maximum Gasteiger partial charge on any atom is 0.237 e. The predicted molar refractivity (Wildman–Crippen MR) is 167 cm³/mol. The average Bonchev–Trinajstić information content (AvgIpc) is 3.64. The molecular formula is C35H40N6O. The summed E-state index contributed by atoms with van der Waals surface area (Å²) in [6, 6.07) is 27.1. The number of carbonyl (C=O) groups excluding carboxylic acids is 1. The summed E-state index contributed by atoms with van der Waals surface area (Å²) in [4.78, 5) is 17.0. The highest BCUT2D eigenvalue weighted by Crippen LogP contribution is 2.26. The van der Waals surface area contributed by atoms with Crippen LogP contribution in [0.2, 0.25) is 0 Å². The van der Waals surface area contributed by atoms with E-state index in [0.717, 1.165) is 73.2 Å². The van der Waals surface area contributed by atoms with Gasteiger partial charge in [0.05, 0.1) is 18.6 Å². The van der Waals surface area contributed by atoms with Crippen molar-refractivity contribution in [2.45, 2.75) is 70.5 Å². The third-order valence-electron chi connectivity index (χ3n) is 8.46. The molecule has 1 amide bonds. The van der Waals surface area contributed by atoms with Crippen molar-refractivity contribution >= 4 is 16.8 Å². The Bertz CT molecular complexity index is 1600. The topological polar surface area (TPSA) is 87.6 Å². The number of aromatic amines is 1. The first-order valence-electron chi connectivity index (χ1n) is 15.3. The molecule has 1 fully saturated rings. The van der Waals surface area contributed by atoms with E-state index in [-0.39, 0.29) is 18.0 Å². The molecule has 1 aliphatic rings. The van der Waals surface area contributed by atoms with Crippen molar-refractivity contribution in [1.29, 1.82) is 0 Å². The zero-order valence-corrected chi connectivity index (χ0v) is 24.4. The molecule has 3 heterocycles. The van der Waals surface area contributed by atoms with Crippen molar-refractivity contribution in [3.05, 3.63) is 119 Å². The van der Waals surface area contributed by atoms with E-state index < -0.39 is 0 Å². The Morgan fingerprint density at radius 1 is 0.929 bits per heavy atom. The number of aromatic nitrogens is 4. The minimum absolute atomic E-state index is 0.0345. The fourth-order valence-corrected chi connectivity index (χ4v) is 6.00. The molecule has 1 aliphatic heterocycles. The number of hydrogen-bond acceptors (Lipinski definition) is 4. The fourth-order valence-electron chi connectivity index (χ4n) is 6.00. The number of nitrogens with zero attached hydrogens (tertiary/aromatic N) is 3. The van der Waals surface area contributed by atoms with Crippen molar-refractivity contribution < 1.29 is 4.79 Å². The number of benzene rings is 3. The zero-order chi connectivity index (χ0) is 28.7. The number of fused-ring (bicyclic) bond motifs is 1. The second-order valence-corrected chi connectivity index (χ2v) is 11.3. The molecule has 2 aromatic heterocycles. The highest BCUT2D eigenvalue weighted by atomic mass is 16.2. The van der Waals surface area contributed by atoms with Gasteiger partial charge in [-0.3, -0.25) is 4.79 Å². The first-order chi connectivity index (χ1) is 20.7. The molecule has 3 aromatic carbocycles. The van der Waals surface area contributed by atoms with Crippen LogP contribution in [0.4, 0.5) is 0 Å². The smallest absolute Gasteiger partial charge is 0.237 e. The zero-order valence-electron chi connectivity index (χ0n) is 24.4. The van der Waals surface area contributed by atoms with Crippen LogP contribution in [-0.4, -0.2) is 38.2 Å². The molecule has 2 atom stereocenters. The van der Waals surface area contributed by atoms with Crippen LogP contribution in [0, 0.1) is 0 Å². The molecule has 0 spiro atoms. The number of para-hydroxylation sites is 1. The summed E-state index contributed by atoms with van der Waals surface area (Å²) >= 11 is 0. The molecule has 1 saturated heterocycles. The van der Waals surface area contributed by atoms with E-state index in [4.69, 9.17) is 10.2 Å². The van der Waals surface area contributed by atoms with Crippen molar-refractivity contribution in [3.8, 4) is 0 Å². The molecule has 1 unspecified atom stereocenters. The van der Waals surface area contributed by atoms with E-state index in [1.807, 2.05) is 12.1 Å². The van der Waals surface area contributed by atoms with E-state index >= 15 is 0 Å². The van der Waals surface area contributed by atoms with Crippen LogP contribution < -0.4 is 10.6 Å². The SMILES string of the molecule is CCc1ccc(Cn2c(CCc3ccccc3)nnc2C(Cc2c[nH]c3ccccc23)NC(=O)[C@H]2CCCCN2)cc1. The Morgan fingerprint density at radius 2 is 1.71 bits per heavy atom. The van der Waals surface area contributed by atoms with Gasteiger partial charge >= 0.3 is 0 Å². The van der Waals surface area contributed by atoms with Gasteiger partial charge in [0.2, 0.25) is 5.91 Å². The number of piperidine rings is 1. The summed E-state index contributed by atoms with van der Waals surface area (Å²) < 4.78 is 2.23. The molecule has 0 bridgehead atoms. The van der Waals surface area contributed by atoms with Crippen molar-refractivity contribution in [2.75, 3.05) is 6.54 Å². The number of rotatable bonds is 11. The highest BCUT2D eigenvalue weighted by molar-refractivity contribution is 5.84. The minimum Gasteiger partial charge on any atom is -0.361 e. The Labute approximate surface area is 247 Å². The van der Waals surface area contributed by atoms with Gasteiger partial charge in [-0.05, 0) is 60.5 Å². The second kappa shape index (κ2) is 13.2. The van der Waals surface area contributed by atoms with Crippen LogP contribution in [0.5, 0.6) is 0 Å². The van der Waals surface area contributed by atoms with Gasteiger partial charge in [-0.15, -0.1) is 10.2 Å². The van der Waals surface area contributed by atoms with Crippen LogP contribution in [0.15, 0.2) is 85.1 Å². The molecule has 0 radical (unpaired) electrons. The van der Waals surface area contributed by atoms with Crippen LogP contribution in [0.3, 0.4) is 0 Å². The molecule has 42 heavy (non-hydrogen) atoms. The van der Waals surface area contributed by atoms with Gasteiger partial charge in [0.25, 0.3) is 0 Å². The lowest BCUT2D eigenvalue weighted by molar-refractivity contribution is -0.124. The number of nitrogens with one attached hydrogen (secondary N) is 3. The standard InChI is InChI=1S/C35H40N6O/c1-2-25-15-17-27(18-16-25)24-41-33(20-19-26-10-4-3-5-11-26)39-40-34(41)32(38-35(42)31-14-8-9-21-36-31)22-28-23-37-30-13-7-6-12-29(28)30/h3-7,10-13,15-18,23,31-32,36-37H,2,8-9,14,19-22,24H2,1H3,(H,38,42)/t31-,32?/m1/s1. The third-order valence-corrected chi connectivity index (χ3v) is 8.46. The number of aryl methyl sites for hydroxylation is 3. The van der Waals surface area contributed by atoms with E-state index in [0.29, 0.717) is 13.0 Å². The molecule has 5 aromatic rings. The summed E-state index contributed by atoms with van der Waals surface area (Å²) in [5, 5.41) is 17.5. The molecule has 7 heteroatoms. The lowest BCUT2D eigenvalue weighted by Gasteiger charge is -2.26. The maximum absolute atomic E-state index is 13.6. The number of hydrogen-bond donors (Lipinski definition) is 3. The Balaban J connectivity index is 1.36. The lowest BCUT2D eigenvalue weighted by atomic mass is 10.0. The van der Waals surface area contributed by atoms with Gasteiger partial charge in [0.1, 0.15) is 5.82 Å². The summed E-state index contributed by atoms with van der Waals surface area (Å²) in [6.07, 6.45) is 8.35. The van der Waals surface area contributed by atoms with Gasteiger partial charge in [-0.2, -0.15) is 0 Å². The minimum atomic E-state index is -0.326. The molecule has 0 aliphatic carbocycles. The fraction of sp³-hybridized carbons (Fsp3) is 0.343. The summed E-state index contributed by atoms with van der Waals surface area (Å²) in [5.74, 6) is 1.77. The Morgan fingerprint density at radius 3 is 2.50 bits per heavy atom. The van der Waals surface area contributed by atoms with Crippen molar-refractivity contribution in [2.24, 2.45) is 0 Å². The number of amides is 1. The monoisotopic (exact) mass is 560 g/mol. The van der Waals surface area contributed by atoms with E-state index in [1.165, 1.54) is 16.7 Å². The van der Waals surface area contributed by atoms with Gasteiger partial charge < -0.3 is 20.2 Å². The lowest BCUT2D eigenvalue weighted by Crippen LogP contribution is -2.48. The summed E-state index contributed by atoms with van der Waals surface area (Å²) in [5.41, 5.74) is 6.03. The normalized spacial score (nSPS) is 16.0. The molecule has 216 valence electrons. The molecule has 3 N–H and O–H groups in total. The van der Waals surface area contributed by atoms with Crippen LogP contribution in [-0.2, 0) is 37.0 Å². The van der Waals surface area contributed by atoms with Crippen LogP contribution in [0.1, 0.15) is 66.1 Å². The molecule has 0 saturated carbocycles. The molecular weight excluding hydrogens is 520 g/mol. The Kier molecular flexibility index (Phi) is 8.75.